The quantitative estimate of drug-likeness (QED) is 0.426. The highest BCUT2D eigenvalue weighted by Crippen LogP contribution is 2.34. The van der Waals surface area contributed by atoms with Crippen LogP contribution in [-0.2, 0) is 6.61 Å². The third-order valence-electron chi connectivity index (χ3n) is 3.92. The fourth-order valence-corrected chi connectivity index (χ4v) is 3.47. The Morgan fingerprint density at radius 3 is 2.73 bits per heavy atom. The van der Waals surface area contributed by atoms with E-state index in [1.165, 1.54) is 11.8 Å². The molecule has 0 aliphatic rings. The fraction of sp³-hybridized carbons (Fsp3) is 0.105. The number of aromatic nitrogens is 4. The van der Waals surface area contributed by atoms with Crippen LogP contribution in [-0.4, -0.2) is 26.1 Å². The van der Waals surface area contributed by atoms with Crippen molar-refractivity contribution >= 4 is 33.2 Å². The van der Waals surface area contributed by atoms with Gasteiger partial charge in [0.15, 0.2) is 0 Å². The number of thioether (sulfide) groups is 1. The molecule has 0 saturated heterocycles. The second-order valence-corrected chi connectivity index (χ2v) is 7.27. The van der Waals surface area contributed by atoms with E-state index in [9.17, 15) is 0 Å². The normalized spacial score (nSPS) is 11.0. The molecule has 0 unspecified atom stereocenters. The predicted molar refractivity (Wildman–Crippen MR) is 106 cm³/mol. The molecule has 0 spiro atoms. The largest absolute Gasteiger partial charge is 0.488 e. The van der Waals surface area contributed by atoms with Crippen LogP contribution < -0.4 is 4.74 Å². The number of benzene rings is 2. The Hall–Kier alpha value is -2.38. The highest BCUT2D eigenvalue weighted by atomic mass is 79.9. The molecule has 0 saturated carbocycles. The van der Waals surface area contributed by atoms with Crippen molar-refractivity contribution in [3.63, 3.8) is 0 Å². The van der Waals surface area contributed by atoms with Gasteiger partial charge in [-0.3, -0.25) is 0 Å². The van der Waals surface area contributed by atoms with Crippen molar-refractivity contribution in [3.05, 3.63) is 70.8 Å². The van der Waals surface area contributed by atoms with Crippen LogP contribution in [0.25, 0.3) is 16.8 Å². The number of fused-ring (bicyclic) bond motifs is 1. The van der Waals surface area contributed by atoms with E-state index in [2.05, 4.69) is 31.2 Å². The summed E-state index contributed by atoms with van der Waals surface area (Å²) in [6.45, 7) is 0.482. The van der Waals surface area contributed by atoms with Crippen LogP contribution in [0.5, 0.6) is 5.75 Å². The topological polar surface area (TPSA) is 52.3 Å². The van der Waals surface area contributed by atoms with Crippen molar-refractivity contribution in [2.75, 3.05) is 6.26 Å². The molecule has 0 fully saturated rings. The van der Waals surface area contributed by atoms with Crippen LogP contribution in [0.3, 0.4) is 0 Å². The average molecular weight is 427 g/mol. The first-order valence-corrected chi connectivity index (χ1v) is 9.99. The molecular weight excluding hydrogens is 412 g/mol. The standard InChI is InChI=1S/C19H15BrN4OS/c1-26-19-23-22-18(16-9-10-21-24(16)19)15-8-7-14(20)11-17(15)25-12-13-5-3-2-4-6-13/h2-11H,12H2,1H3. The van der Waals surface area contributed by atoms with Crippen LogP contribution in [0.4, 0.5) is 0 Å². The minimum absolute atomic E-state index is 0.482. The van der Waals surface area contributed by atoms with E-state index in [-0.39, 0.29) is 0 Å². The monoisotopic (exact) mass is 426 g/mol. The number of rotatable bonds is 5. The lowest BCUT2D eigenvalue weighted by Crippen LogP contribution is -2.03. The van der Waals surface area contributed by atoms with E-state index >= 15 is 0 Å². The summed E-state index contributed by atoms with van der Waals surface area (Å²) in [7, 11) is 0. The summed E-state index contributed by atoms with van der Waals surface area (Å²) in [5, 5.41) is 13.8. The van der Waals surface area contributed by atoms with Gasteiger partial charge in [0.05, 0.1) is 11.7 Å². The number of ether oxygens (including phenoxy) is 1. The molecule has 2 aromatic heterocycles. The molecule has 0 aliphatic carbocycles. The van der Waals surface area contributed by atoms with E-state index < -0.39 is 0 Å². The molecule has 0 bridgehead atoms. The lowest BCUT2D eigenvalue weighted by atomic mass is 10.1. The smallest absolute Gasteiger partial charge is 0.210 e. The molecule has 2 aromatic carbocycles. The van der Waals surface area contributed by atoms with Gasteiger partial charge in [-0.15, -0.1) is 10.2 Å². The van der Waals surface area contributed by atoms with Gasteiger partial charge in [0.25, 0.3) is 0 Å². The van der Waals surface area contributed by atoms with E-state index in [1.54, 1.807) is 10.7 Å². The van der Waals surface area contributed by atoms with E-state index in [0.717, 1.165) is 37.7 Å². The van der Waals surface area contributed by atoms with E-state index in [1.807, 2.05) is 60.9 Å². The average Bonchev–Trinajstić information content (AvgIpc) is 3.17. The number of hydrogen-bond donors (Lipinski definition) is 0. The third kappa shape index (κ3) is 3.32. The van der Waals surface area contributed by atoms with Crippen LogP contribution in [0.2, 0.25) is 0 Å². The van der Waals surface area contributed by atoms with Gasteiger partial charge in [0.2, 0.25) is 5.16 Å². The van der Waals surface area contributed by atoms with E-state index in [4.69, 9.17) is 4.74 Å². The summed E-state index contributed by atoms with van der Waals surface area (Å²) in [4.78, 5) is 0. The zero-order valence-electron chi connectivity index (χ0n) is 14.0. The Labute approximate surface area is 163 Å². The Bertz CT molecular complexity index is 1050. The van der Waals surface area contributed by atoms with Gasteiger partial charge in [0.1, 0.15) is 18.1 Å². The van der Waals surface area contributed by atoms with Crippen molar-refractivity contribution < 1.29 is 4.74 Å². The zero-order chi connectivity index (χ0) is 17.9. The van der Waals surface area contributed by atoms with Crippen molar-refractivity contribution in [2.24, 2.45) is 0 Å². The zero-order valence-corrected chi connectivity index (χ0v) is 16.4. The molecule has 0 atom stereocenters. The first kappa shape index (κ1) is 17.1. The van der Waals surface area contributed by atoms with Crippen LogP contribution in [0.1, 0.15) is 5.56 Å². The Morgan fingerprint density at radius 2 is 1.92 bits per heavy atom. The first-order valence-electron chi connectivity index (χ1n) is 7.97. The number of halogens is 1. The maximum absolute atomic E-state index is 6.11. The SMILES string of the molecule is CSc1nnc(-c2ccc(Br)cc2OCc2ccccc2)c2ccnn12. The molecule has 2 heterocycles. The van der Waals surface area contributed by atoms with Crippen LogP contribution in [0.15, 0.2) is 70.4 Å². The second-order valence-electron chi connectivity index (χ2n) is 5.58. The lowest BCUT2D eigenvalue weighted by Gasteiger charge is -2.13. The fourth-order valence-electron chi connectivity index (χ4n) is 2.69. The van der Waals surface area contributed by atoms with Gasteiger partial charge in [0, 0.05) is 10.0 Å². The van der Waals surface area contributed by atoms with Gasteiger partial charge in [-0.1, -0.05) is 58.0 Å². The van der Waals surface area contributed by atoms with Crippen molar-refractivity contribution in [1.29, 1.82) is 0 Å². The van der Waals surface area contributed by atoms with Gasteiger partial charge in [-0.05, 0) is 36.1 Å². The molecule has 26 heavy (non-hydrogen) atoms. The molecule has 5 nitrogen and oxygen atoms in total. The number of nitrogens with zero attached hydrogens (tertiary/aromatic N) is 4. The molecule has 4 aromatic rings. The third-order valence-corrected chi connectivity index (χ3v) is 5.03. The Morgan fingerprint density at radius 1 is 1.08 bits per heavy atom. The van der Waals surface area contributed by atoms with E-state index in [0.29, 0.717) is 6.61 Å². The molecule has 7 heteroatoms. The lowest BCUT2D eigenvalue weighted by molar-refractivity contribution is 0.307. The number of hydrogen-bond acceptors (Lipinski definition) is 5. The predicted octanol–water partition coefficient (Wildman–Crippen LogP) is 4.85. The summed E-state index contributed by atoms with van der Waals surface area (Å²) in [6, 6.07) is 17.9. The van der Waals surface area contributed by atoms with Gasteiger partial charge < -0.3 is 4.74 Å². The van der Waals surface area contributed by atoms with Gasteiger partial charge in [-0.2, -0.15) is 5.10 Å². The maximum atomic E-state index is 6.11. The molecule has 0 N–H and O–H groups in total. The summed E-state index contributed by atoms with van der Waals surface area (Å²) in [6.07, 6.45) is 3.71. The minimum atomic E-state index is 0.482. The molecular formula is C19H15BrN4OS. The molecule has 0 amide bonds. The minimum Gasteiger partial charge on any atom is -0.488 e. The molecule has 130 valence electrons. The highest BCUT2D eigenvalue weighted by Gasteiger charge is 2.16. The maximum Gasteiger partial charge on any atom is 0.210 e. The van der Waals surface area contributed by atoms with Crippen molar-refractivity contribution in [2.45, 2.75) is 11.8 Å². The first-order chi connectivity index (χ1) is 12.8. The highest BCUT2D eigenvalue weighted by molar-refractivity contribution is 9.10. The molecule has 4 rings (SSSR count). The summed E-state index contributed by atoms with van der Waals surface area (Å²) >= 11 is 5.03. The summed E-state index contributed by atoms with van der Waals surface area (Å²) in [5.74, 6) is 0.748. The van der Waals surface area contributed by atoms with Gasteiger partial charge >= 0.3 is 0 Å². The molecule has 0 radical (unpaired) electrons. The van der Waals surface area contributed by atoms with Crippen LogP contribution >= 0.6 is 27.7 Å². The Kier molecular flexibility index (Phi) is 4.90. The second kappa shape index (κ2) is 7.47. The van der Waals surface area contributed by atoms with Crippen molar-refractivity contribution in [1.82, 2.24) is 19.8 Å². The van der Waals surface area contributed by atoms with Gasteiger partial charge in [-0.25, -0.2) is 4.52 Å². The molecule has 0 aliphatic heterocycles. The Balaban J connectivity index is 1.76. The summed E-state index contributed by atoms with van der Waals surface area (Å²) < 4.78 is 8.86. The van der Waals surface area contributed by atoms with Crippen LogP contribution in [0, 0.1) is 0 Å². The summed E-state index contributed by atoms with van der Waals surface area (Å²) in [5.41, 5.74) is 3.64. The van der Waals surface area contributed by atoms with Crippen molar-refractivity contribution in [3.8, 4) is 17.0 Å².